The Kier molecular flexibility index (Phi) is 2.84. The number of fused-ring (bicyclic) bond motifs is 1. The number of aromatic nitrogens is 2. The van der Waals surface area contributed by atoms with Crippen LogP contribution in [0.2, 0.25) is 0 Å². The standard InChI is InChI=1S/C10H9N3O5/c1-5(10(15)16)11-9(14)6-2-3-7-8(4-6)13(17)18-12-7/h2-5H,1H3,(H,11,14)(H,15,16)/t5-/m0/s1. The van der Waals surface area contributed by atoms with Crippen molar-refractivity contribution in [3.8, 4) is 0 Å². The molecule has 94 valence electrons. The summed E-state index contributed by atoms with van der Waals surface area (Å²) in [7, 11) is 0. The molecule has 1 atom stereocenters. The molecule has 0 radical (unpaired) electrons. The summed E-state index contributed by atoms with van der Waals surface area (Å²) < 4.78 is 4.35. The van der Waals surface area contributed by atoms with Gasteiger partial charge >= 0.3 is 5.97 Å². The highest BCUT2D eigenvalue weighted by molar-refractivity contribution is 5.98. The molecule has 0 unspecified atom stereocenters. The van der Waals surface area contributed by atoms with Crippen molar-refractivity contribution in [2.45, 2.75) is 13.0 Å². The first-order chi connectivity index (χ1) is 8.49. The zero-order valence-electron chi connectivity index (χ0n) is 9.28. The third-order valence-corrected chi connectivity index (χ3v) is 2.37. The lowest BCUT2D eigenvalue weighted by atomic mass is 10.1. The van der Waals surface area contributed by atoms with E-state index in [9.17, 15) is 14.8 Å². The predicted molar refractivity (Wildman–Crippen MR) is 57.5 cm³/mol. The zero-order valence-corrected chi connectivity index (χ0v) is 9.28. The first kappa shape index (κ1) is 11.8. The SMILES string of the molecule is C[C@H](NC(=O)c1ccc2no[n+]([O-])c2c1)C(=O)O. The van der Waals surface area contributed by atoms with Gasteiger partial charge in [0.05, 0.1) is 0 Å². The molecule has 0 fully saturated rings. The van der Waals surface area contributed by atoms with Crippen molar-refractivity contribution in [1.82, 2.24) is 10.5 Å². The third-order valence-electron chi connectivity index (χ3n) is 2.37. The number of amides is 1. The van der Waals surface area contributed by atoms with Gasteiger partial charge in [0.25, 0.3) is 5.91 Å². The van der Waals surface area contributed by atoms with E-state index < -0.39 is 17.9 Å². The van der Waals surface area contributed by atoms with Crippen LogP contribution in [0.15, 0.2) is 22.8 Å². The molecule has 2 N–H and O–H groups in total. The highest BCUT2D eigenvalue weighted by Crippen LogP contribution is 2.10. The zero-order chi connectivity index (χ0) is 13.3. The van der Waals surface area contributed by atoms with E-state index in [4.69, 9.17) is 5.11 Å². The summed E-state index contributed by atoms with van der Waals surface area (Å²) in [6.45, 7) is 1.34. The summed E-state index contributed by atoms with van der Waals surface area (Å²) in [5.41, 5.74) is 0.571. The Morgan fingerprint density at radius 1 is 1.56 bits per heavy atom. The van der Waals surface area contributed by atoms with Crippen molar-refractivity contribution < 1.29 is 24.2 Å². The molecule has 8 heteroatoms. The number of nitrogens with zero attached hydrogens (tertiary/aromatic N) is 2. The average Bonchev–Trinajstić information content (AvgIpc) is 2.70. The second-order valence-electron chi connectivity index (χ2n) is 3.67. The van der Waals surface area contributed by atoms with Crippen LogP contribution in [0.3, 0.4) is 0 Å². The molecule has 2 rings (SSSR count). The summed E-state index contributed by atoms with van der Waals surface area (Å²) in [5, 5.41) is 25.5. The Hall–Kier alpha value is -2.64. The van der Waals surface area contributed by atoms with Crippen molar-refractivity contribution in [2.24, 2.45) is 0 Å². The Morgan fingerprint density at radius 3 is 2.94 bits per heavy atom. The molecular weight excluding hydrogens is 242 g/mol. The van der Waals surface area contributed by atoms with E-state index >= 15 is 0 Å². The number of carbonyl (C=O) groups is 2. The molecule has 2 aromatic rings. The highest BCUT2D eigenvalue weighted by Gasteiger charge is 2.17. The third kappa shape index (κ3) is 2.08. The number of hydrogen-bond acceptors (Lipinski definition) is 5. The van der Waals surface area contributed by atoms with Crippen LogP contribution in [-0.2, 0) is 4.79 Å². The van der Waals surface area contributed by atoms with Gasteiger partial charge in [-0.1, -0.05) is 0 Å². The van der Waals surface area contributed by atoms with Gasteiger partial charge in [0.2, 0.25) is 11.0 Å². The molecule has 0 bridgehead atoms. The minimum absolute atomic E-state index is 0.102. The lowest BCUT2D eigenvalue weighted by Gasteiger charge is -2.08. The normalized spacial score (nSPS) is 12.3. The van der Waals surface area contributed by atoms with E-state index in [1.165, 1.54) is 25.1 Å². The van der Waals surface area contributed by atoms with Gasteiger partial charge in [-0.3, -0.25) is 14.2 Å². The second-order valence-corrected chi connectivity index (χ2v) is 3.67. The summed E-state index contributed by atoms with van der Waals surface area (Å²) in [4.78, 5) is 22.5. The molecule has 0 aliphatic heterocycles. The van der Waals surface area contributed by atoms with Crippen molar-refractivity contribution >= 4 is 22.9 Å². The van der Waals surface area contributed by atoms with Gasteiger partial charge in [0.15, 0.2) is 0 Å². The second kappa shape index (κ2) is 4.32. The quantitative estimate of drug-likeness (QED) is 0.720. The lowest BCUT2D eigenvalue weighted by Crippen LogP contribution is -2.38. The number of rotatable bonds is 3. The fourth-order valence-electron chi connectivity index (χ4n) is 1.35. The van der Waals surface area contributed by atoms with E-state index in [1.807, 2.05) is 0 Å². The maximum atomic E-state index is 11.7. The molecule has 1 aromatic carbocycles. The van der Waals surface area contributed by atoms with Crippen LogP contribution < -0.4 is 10.2 Å². The first-order valence-corrected chi connectivity index (χ1v) is 5.02. The summed E-state index contributed by atoms with van der Waals surface area (Å²) in [6.07, 6.45) is 0. The molecule has 1 aromatic heterocycles. The van der Waals surface area contributed by atoms with Crippen molar-refractivity contribution in [3.05, 3.63) is 29.0 Å². The lowest BCUT2D eigenvalue weighted by molar-refractivity contribution is -0.782. The van der Waals surface area contributed by atoms with Gasteiger partial charge in [-0.25, -0.2) is 0 Å². The molecule has 18 heavy (non-hydrogen) atoms. The maximum Gasteiger partial charge on any atom is 0.325 e. The fourth-order valence-corrected chi connectivity index (χ4v) is 1.35. The Balaban J connectivity index is 2.27. The minimum Gasteiger partial charge on any atom is -0.480 e. The number of benzene rings is 1. The smallest absolute Gasteiger partial charge is 0.325 e. The molecular formula is C10H9N3O5. The fraction of sp³-hybridized carbons (Fsp3) is 0.200. The number of carboxylic acid groups (broad SMARTS) is 1. The van der Waals surface area contributed by atoms with Gasteiger partial charge in [0, 0.05) is 16.8 Å². The van der Waals surface area contributed by atoms with Crippen molar-refractivity contribution in [1.29, 1.82) is 0 Å². The van der Waals surface area contributed by atoms with Crippen molar-refractivity contribution in [2.75, 3.05) is 0 Å². The molecule has 0 saturated heterocycles. The van der Waals surface area contributed by atoms with Gasteiger partial charge in [0.1, 0.15) is 6.04 Å². The van der Waals surface area contributed by atoms with Crippen LogP contribution in [0.25, 0.3) is 11.0 Å². The van der Waals surface area contributed by atoms with Crippen LogP contribution >= 0.6 is 0 Å². The molecule has 0 saturated carbocycles. The monoisotopic (exact) mass is 251 g/mol. The van der Waals surface area contributed by atoms with Gasteiger partial charge < -0.3 is 15.6 Å². The van der Waals surface area contributed by atoms with E-state index in [2.05, 4.69) is 15.1 Å². The molecule has 1 heterocycles. The Morgan fingerprint density at radius 2 is 2.28 bits per heavy atom. The van der Waals surface area contributed by atoms with E-state index in [1.54, 1.807) is 0 Å². The van der Waals surface area contributed by atoms with Gasteiger partial charge in [-0.15, -0.1) is 0 Å². The number of nitrogens with one attached hydrogen (secondary N) is 1. The largest absolute Gasteiger partial charge is 0.480 e. The number of carbonyl (C=O) groups excluding carboxylic acids is 1. The minimum atomic E-state index is -1.15. The predicted octanol–water partition coefficient (Wildman–Crippen LogP) is -0.336. The molecule has 1 amide bonds. The maximum absolute atomic E-state index is 11.7. The van der Waals surface area contributed by atoms with Gasteiger partial charge in [-0.05, 0) is 24.0 Å². The average molecular weight is 251 g/mol. The van der Waals surface area contributed by atoms with E-state index in [-0.39, 0.29) is 16.0 Å². The number of carboxylic acids is 1. The van der Waals surface area contributed by atoms with Crippen LogP contribution in [-0.4, -0.2) is 28.2 Å². The highest BCUT2D eigenvalue weighted by atomic mass is 16.8. The topological polar surface area (TPSA) is 119 Å². The number of hydrogen-bond donors (Lipinski definition) is 2. The molecule has 0 spiro atoms. The Bertz CT molecular complexity index is 621. The summed E-state index contributed by atoms with van der Waals surface area (Å²) >= 11 is 0. The molecule has 0 aliphatic carbocycles. The van der Waals surface area contributed by atoms with Crippen LogP contribution in [0, 0.1) is 5.21 Å². The number of aliphatic carboxylic acids is 1. The van der Waals surface area contributed by atoms with Crippen LogP contribution in [0.1, 0.15) is 17.3 Å². The summed E-state index contributed by atoms with van der Waals surface area (Å²) in [6, 6.07) is 3.13. The molecule has 0 aliphatic rings. The van der Waals surface area contributed by atoms with Gasteiger partial charge in [-0.2, -0.15) is 0 Å². The van der Waals surface area contributed by atoms with Crippen LogP contribution in [0.4, 0.5) is 0 Å². The summed E-state index contributed by atoms with van der Waals surface area (Å²) in [5.74, 6) is -1.73. The Labute approximate surface area is 100 Å². The first-order valence-electron chi connectivity index (χ1n) is 5.02. The van der Waals surface area contributed by atoms with Crippen molar-refractivity contribution in [3.63, 3.8) is 0 Å². The van der Waals surface area contributed by atoms with E-state index in [0.29, 0.717) is 5.52 Å². The van der Waals surface area contributed by atoms with Crippen LogP contribution in [0.5, 0.6) is 0 Å². The molecule has 8 nitrogen and oxygen atoms in total. The van der Waals surface area contributed by atoms with E-state index in [0.717, 1.165) is 0 Å².